The summed E-state index contributed by atoms with van der Waals surface area (Å²) >= 11 is 0. The van der Waals surface area contributed by atoms with Crippen LogP contribution in [0.2, 0.25) is 0 Å². The molecule has 1 aromatic carbocycles. The van der Waals surface area contributed by atoms with Gasteiger partial charge in [-0.2, -0.15) is 0 Å². The largest absolute Gasteiger partial charge is 0.495 e. The second-order valence-electron chi connectivity index (χ2n) is 9.04. The molecule has 4 rings (SSSR count). The van der Waals surface area contributed by atoms with E-state index >= 15 is 0 Å². The van der Waals surface area contributed by atoms with Crippen molar-refractivity contribution in [1.82, 2.24) is 9.38 Å². The van der Waals surface area contributed by atoms with Crippen LogP contribution in [0.5, 0.6) is 11.5 Å². The molecule has 0 atom stereocenters. The monoisotopic (exact) mass is 527 g/mol. The molecule has 3 aromatic rings. The number of sulfone groups is 1. The standard InChI is InChI=1S/C22H26FN3O7S2/c1-22(2,3)34(27,28)19-10-26-17(9-24-20(26)8-18(19)31-4)13-6-15(23)21(32-5)16(7-13)25-35(29,30)14-11-33-12-14/h6-10,14,25H,11-12H2,1-5H3. The van der Waals surface area contributed by atoms with Gasteiger partial charge in [0.15, 0.2) is 21.4 Å². The zero-order chi connectivity index (χ0) is 25.8. The molecule has 0 amide bonds. The van der Waals surface area contributed by atoms with E-state index in [1.807, 2.05) is 0 Å². The van der Waals surface area contributed by atoms with Crippen molar-refractivity contribution in [3.63, 3.8) is 0 Å². The molecule has 1 fully saturated rings. The van der Waals surface area contributed by atoms with Gasteiger partial charge in [-0.25, -0.2) is 26.2 Å². The molecule has 1 aliphatic rings. The molecular formula is C22H26FN3O7S2. The number of aromatic nitrogens is 2. The number of methoxy groups -OCH3 is 2. The van der Waals surface area contributed by atoms with Gasteiger partial charge in [0.1, 0.15) is 21.5 Å². The highest BCUT2D eigenvalue weighted by Crippen LogP contribution is 2.37. The lowest BCUT2D eigenvalue weighted by Gasteiger charge is -2.26. The summed E-state index contributed by atoms with van der Waals surface area (Å²) in [7, 11) is -5.07. The van der Waals surface area contributed by atoms with Crippen LogP contribution in [-0.2, 0) is 24.6 Å². The Morgan fingerprint density at radius 3 is 2.34 bits per heavy atom. The quantitative estimate of drug-likeness (QED) is 0.497. The van der Waals surface area contributed by atoms with Crippen molar-refractivity contribution in [1.29, 1.82) is 0 Å². The Bertz CT molecular complexity index is 1510. The number of benzene rings is 1. The van der Waals surface area contributed by atoms with Gasteiger partial charge in [-0.1, -0.05) is 0 Å². The highest BCUT2D eigenvalue weighted by molar-refractivity contribution is 7.93. The lowest BCUT2D eigenvalue weighted by Crippen LogP contribution is -2.43. The fraction of sp³-hybridized carbons (Fsp3) is 0.409. The molecule has 0 unspecified atom stereocenters. The van der Waals surface area contributed by atoms with Crippen molar-refractivity contribution in [3.05, 3.63) is 36.4 Å². The smallest absolute Gasteiger partial charge is 0.240 e. The Balaban J connectivity index is 1.89. The zero-order valence-corrected chi connectivity index (χ0v) is 21.5. The summed E-state index contributed by atoms with van der Waals surface area (Å²) in [5, 5.41) is -0.757. The van der Waals surface area contributed by atoms with Crippen LogP contribution in [0.3, 0.4) is 0 Å². The lowest BCUT2D eigenvalue weighted by molar-refractivity contribution is 0.0418. The SMILES string of the molecule is COc1cc2ncc(-c3cc(F)c(OC)c(NS(=O)(=O)C4COC4)c3)n2cc1S(=O)(=O)C(C)(C)C. The van der Waals surface area contributed by atoms with Crippen molar-refractivity contribution in [3.8, 4) is 22.8 Å². The molecule has 0 spiro atoms. The molecule has 0 bridgehead atoms. The molecule has 10 nitrogen and oxygen atoms in total. The number of ether oxygens (including phenoxy) is 3. The van der Waals surface area contributed by atoms with Gasteiger partial charge in [-0.15, -0.1) is 0 Å². The minimum atomic E-state index is -3.85. The van der Waals surface area contributed by atoms with Crippen LogP contribution < -0.4 is 14.2 Å². The number of sulfonamides is 1. The summed E-state index contributed by atoms with van der Waals surface area (Å²) in [6.45, 7) is 4.81. The topological polar surface area (TPSA) is 125 Å². The number of anilines is 1. The molecule has 2 aromatic heterocycles. The van der Waals surface area contributed by atoms with E-state index in [1.54, 1.807) is 20.8 Å². The van der Waals surface area contributed by atoms with Gasteiger partial charge < -0.3 is 14.2 Å². The van der Waals surface area contributed by atoms with Crippen LogP contribution in [-0.4, -0.2) is 63.7 Å². The maximum atomic E-state index is 15.0. The predicted octanol–water partition coefficient (Wildman–Crippen LogP) is 2.87. The van der Waals surface area contributed by atoms with Gasteiger partial charge in [0, 0.05) is 17.8 Å². The number of hydrogen-bond acceptors (Lipinski definition) is 8. The van der Waals surface area contributed by atoms with Crippen LogP contribution >= 0.6 is 0 Å². The highest BCUT2D eigenvalue weighted by Gasteiger charge is 2.35. The van der Waals surface area contributed by atoms with Crippen molar-refractivity contribution < 1.29 is 35.4 Å². The van der Waals surface area contributed by atoms with Crippen molar-refractivity contribution >= 4 is 31.2 Å². The second kappa shape index (κ2) is 8.64. The van der Waals surface area contributed by atoms with Gasteiger partial charge in [0.05, 0.1) is 49.8 Å². The van der Waals surface area contributed by atoms with Crippen LogP contribution in [0.25, 0.3) is 16.9 Å². The predicted molar refractivity (Wildman–Crippen MR) is 128 cm³/mol. The minimum Gasteiger partial charge on any atom is -0.495 e. The Kier molecular flexibility index (Phi) is 6.22. The van der Waals surface area contributed by atoms with Crippen LogP contribution in [0.4, 0.5) is 10.1 Å². The van der Waals surface area contributed by atoms with E-state index in [4.69, 9.17) is 14.2 Å². The number of imidazole rings is 1. The first-order valence-electron chi connectivity index (χ1n) is 10.6. The zero-order valence-electron chi connectivity index (χ0n) is 19.8. The number of halogens is 1. The number of hydrogen-bond donors (Lipinski definition) is 1. The number of rotatable bonds is 7. The molecule has 3 heterocycles. The van der Waals surface area contributed by atoms with Gasteiger partial charge in [0.25, 0.3) is 0 Å². The van der Waals surface area contributed by atoms with Crippen LogP contribution in [0.1, 0.15) is 20.8 Å². The molecule has 190 valence electrons. The Morgan fingerprint density at radius 2 is 1.80 bits per heavy atom. The molecule has 35 heavy (non-hydrogen) atoms. The van der Waals surface area contributed by atoms with Gasteiger partial charge in [-0.05, 0) is 32.9 Å². The number of fused-ring (bicyclic) bond motifs is 1. The summed E-state index contributed by atoms with van der Waals surface area (Å²) in [6.07, 6.45) is 2.80. The minimum absolute atomic E-state index is 0.0416. The van der Waals surface area contributed by atoms with Crippen molar-refractivity contribution in [2.75, 3.05) is 32.2 Å². The second-order valence-corrected chi connectivity index (χ2v) is 13.7. The summed E-state index contributed by atoms with van der Waals surface area (Å²) in [6, 6.07) is 4.04. The van der Waals surface area contributed by atoms with Gasteiger partial charge in [0.2, 0.25) is 10.0 Å². The third-order valence-electron chi connectivity index (χ3n) is 5.73. The average Bonchev–Trinajstić information content (AvgIpc) is 3.12. The van der Waals surface area contributed by atoms with Crippen LogP contribution in [0, 0.1) is 5.82 Å². The fourth-order valence-corrected chi connectivity index (χ4v) is 6.03. The highest BCUT2D eigenvalue weighted by atomic mass is 32.2. The molecule has 0 saturated carbocycles. The number of nitrogens with one attached hydrogen (secondary N) is 1. The summed E-state index contributed by atoms with van der Waals surface area (Å²) in [5.74, 6) is -0.954. The molecule has 1 saturated heterocycles. The van der Waals surface area contributed by atoms with E-state index in [-0.39, 0.29) is 40.9 Å². The molecule has 0 radical (unpaired) electrons. The van der Waals surface area contributed by atoms with Gasteiger partial charge in [-0.3, -0.25) is 9.12 Å². The Morgan fingerprint density at radius 1 is 1.11 bits per heavy atom. The first kappa shape index (κ1) is 25.2. The van der Waals surface area contributed by atoms with E-state index in [0.717, 1.165) is 6.07 Å². The molecule has 0 aliphatic carbocycles. The van der Waals surface area contributed by atoms with E-state index in [1.165, 1.54) is 43.1 Å². The molecule has 1 N–H and O–H groups in total. The van der Waals surface area contributed by atoms with E-state index in [0.29, 0.717) is 11.3 Å². The van der Waals surface area contributed by atoms with E-state index in [2.05, 4.69) is 9.71 Å². The van der Waals surface area contributed by atoms with Crippen molar-refractivity contribution in [2.45, 2.75) is 35.7 Å². The summed E-state index contributed by atoms with van der Waals surface area (Å²) in [4.78, 5) is 4.24. The number of nitrogens with zero attached hydrogens (tertiary/aromatic N) is 2. The third-order valence-corrected chi connectivity index (χ3v) is 9.88. The maximum Gasteiger partial charge on any atom is 0.240 e. The van der Waals surface area contributed by atoms with Crippen molar-refractivity contribution in [2.24, 2.45) is 0 Å². The number of pyridine rings is 1. The lowest BCUT2D eigenvalue weighted by atomic mass is 10.1. The molecule has 13 heteroatoms. The normalized spacial score (nSPS) is 15.1. The third kappa shape index (κ3) is 4.32. The first-order chi connectivity index (χ1) is 16.3. The average molecular weight is 528 g/mol. The molecule has 1 aliphatic heterocycles. The van der Waals surface area contributed by atoms with Gasteiger partial charge >= 0.3 is 0 Å². The van der Waals surface area contributed by atoms with E-state index in [9.17, 15) is 21.2 Å². The first-order valence-corrected chi connectivity index (χ1v) is 13.6. The van der Waals surface area contributed by atoms with Crippen LogP contribution in [0.15, 0.2) is 35.5 Å². The maximum absolute atomic E-state index is 15.0. The Labute approximate surface area is 203 Å². The van der Waals surface area contributed by atoms with E-state index < -0.39 is 35.7 Å². The molecular weight excluding hydrogens is 501 g/mol. The summed E-state index contributed by atoms with van der Waals surface area (Å²) in [5.41, 5.74) is 0.847. The Hall–Kier alpha value is -2.90. The fourth-order valence-electron chi connectivity index (χ4n) is 3.55. The summed E-state index contributed by atoms with van der Waals surface area (Å²) < 4.78 is 84.8.